The van der Waals surface area contributed by atoms with Crippen molar-refractivity contribution in [3.8, 4) is 0 Å². The fourth-order valence-electron chi connectivity index (χ4n) is 3.77. The van der Waals surface area contributed by atoms with Crippen LogP contribution < -0.4 is 10.2 Å². The van der Waals surface area contributed by atoms with Crippen LogP contribution in [0.2, 0.25) is 0 Å². The number of rotatable bonds is 7. The highest BCUT2D eigenvalue weighted by Crippen LogP contribution is 2.15. The number of hydrogen-bond donors (Lipinski definition) is 2. The van der Waals surface area contributed by atoms with Gasteiger partial charge in [-0.25, -0.2) is 0 Å². The third-order valence-corrected chi connectivity index (χ3v) is 6.47. The van der Waals surface area contributed by atoms with Crippen molar-refractivity contribution < 1.29 is 4.90 Å². The third-order valence-electron chi connectivity index (χ3n) is 5.25. The molecule has 0 amide bonds. The van der Waals surface area contributed by atoms with Gasteiger partial charge in [0.2, 0.25) is 0 Å². The fraction of sp³-hybridized carbons (Fsp3) is 0.500. The second-order valence-electron chi connectivity index (χ2n) is 7.57. The summed E-state index contributed by atoms with van der Waals surface area (Å²) in [5, 5.41) is 6.43. The molecule has 3 nitrogen and oxygen atoms in total. The molecule has 1 aromatic carbocycles. The molecule has 0 aliphatic carbocycles. The van der Waals surface area contributed by atoms with Gasteiger partial charge in [0.15, 0.2) is 5.11 Å². The number of thiophene rings is 1. The summed E-state index contributed by atoms with van der Waals surface area (Å²) in [6, 6.07) is 12.7. The van der Waals surface area contributed by atoms with Crippen LogP contribution in [-0.2, 0) is 6.54 Å². The molecule has 1 aliphatic heterocycles. The Balaban J connectivity index is 1.56. The van der Waals surface area contributed by atoms with Crippen LogP contribution in [0.3, 0.4) is 0 Å². The molecular formula is C22H32N3S2+. The van der Waals surface area contributed by atoms with Crippen molar-refractivity contribution in [2.75, 3.05) is 31.5 Å². The predicted molar refractivity (Wildman–Crippen MR) is 121 cm³/mol. The number of thiocarbonyl (C=S) groups is 1. The molecule has 5 heteroatoms. The molecule has 1 aliphatic rings. The summed E-state index contributed by atoms with van der Waals surface area (Å²) in [5.41, 5.74) is 2.33. The summed E-state index contributed by atoms with van der Waals surface area (Å²) < 4.78 is 0. The van der Waals surface area contributed by atoms with E-state index in [1.807, 2.05) is 11.3 Å². The van der Waals surface area contributed by atoms with Gasteiger partial charge in [0.1, 0.15) is 0 Å². The first-order valence-corrected chi connectivity index (χ1v) is 11.5. The first kappa shape index (κ1) is 20.3. The molecule has 1 aromatic heterocycles. The second kappa shape index (κ2) is 10.8. The van der Waals surface area contributed by atoms with Crippen LogP contribution in [0.25, 0.3) is 0 Å². The minimum absolute atomic E-state index is 0.833. The molecule has 3 rings (SSSR count). The molecule has 0 unspecified atom stereocenters. The van der Waals surface area contributed by atoms with Crippen molar-refractivity contribution in [2.45, 2.75) is 45.6 Å². The second-order valence-corrected chi connectivity index (χ2v) is 8.99. The summed E-state index contributed by atoms with van der Waals surface area (Å²) in [5.74, 6) is 0. The van der Waals surface area contributed by atoms with E-state index < -0.39 is 0 Å². The molecule has 1 saturated heterocycles. The van der Waals surface area contributed by atoms with Crippen LogP contribution in [0.15, 0.2) is 41.8 Å². The highest BCUT2D eigenvalue weighted by Gasteiger charge is 2.15. The highest BCUT2D eigenvalue weighted by atomic mass is 32.1. The van der Waals surface area contributed by atoms with E-state index in [0.717, 1.165) is 23.9 Å². The maximum Gasteiger partial charge on any atom is 0.173 e. The van der Waals surface area contributed by atoms with Crippen molar-refractivity contribution >= 4 is 34.4 Å². The lowest BCUT2D eigenvalue weighted by Gasteiger charge is -2.26. The predicted octanol–water partition coefficient (Wildman–Crippen LogP) is 4.10. The van der Waals surface area contributed by atoms with E-state index in [0.29, 0.717) is 0 Å². The smallest absolute Gasteiger partial charge is 0.173 e. The van der Waals surface area contributed by atoms with Gasteiger partial charge in [0, 0.05) is 23.5 Å². The molecule has 146 valence electrons. The molecule has 0 radical (unpaired) electrons. The van der Waals surface area contributed by atoms with E-state index in [-0.39, 0.29) is 0 Å². The summed E-state index contributed by atoms with van der Waals surface area (Å²) >= 11 is 7.59. The van der Waals surface area contributed by atoms with Crippen LogP contribution >= 0.6 is 23.6 Å². The zero-order chi connectivity index (χ0) is 18.9. The largest absolute Gasteiger partial charge is 0.344 e. The number of benzene rings is 1. The fourth-order valence-corrected chi connectivity index (χ4v) is 4.76. The van der Waals surface area contributed by atoms with E-state index >= 15 is 0 Å². The maximum atomic E-state index is 5.78. The molecule has 2 aromatic rings. The molecule has 0 bridgehead atoms. The van der Waals surface area contributed by atoms with Crippen LogP contribution in [0.1, 0.15) is 42.5 Å². The summed E-state index contributed by atoms with van der Waals surface area (Å²) in [4.78, 5) is 5.48. The number of anilines is 1. The van der Waals surface area contributed by atoms with Crippen LogP contribution in [0.4, 0.5) is 5.69 Å². The van der Waals surface area contributed by atoms with E-state index in [4.69, 9.17) is 12.2 Å². The molecule has 0 spiro atoms. The van der Waals surface area contributed by atoms with Gasteiger partial charge >= 0.3 is 0 Å². The lowest BCUT2D eigenvalue weighted by Crippen LogP contribution is -3.11. The monoisotopic (exact) mass is 402 g/mol. The SMILES string of the molecule is Cc1cccc(NC(=S)N(CCC[NH+]2CCCCCC2)Cc2cccs2)c1. The Morgan fingerprint density at radius 3 is 2.67 bits per heavy atom. The van der Waals surface area contributed by atoms with Gasteiger partial charge in [-0.3, -0.25) is 0 Å². The lowest BCUT2D eigenvalue weighted by atomic mass is 10.2. The molecule has 2 N–H and O–H groups in total. The third kappa shape index (κ3) is 6.91. The average molecular weight is 403 g/mol. The molecule has 27 heavy (non-hydrogen) atoms. The Labute approximate surface area is 173 Å². The van der Waals surface area contributed by atoms with Gasteiger partial charge in [-0.15, -0.1) is 11.3 Å². The Morgan fingerprint density at radius 1 is 1.15 bits per heavy atom. The van der Waals surface area contributed by atoms with Gasteiger partial charge in [0.05, 0.1) is 26.2 Å². The quantitative estimate of drug-likeness (QED) is 0.680. The Morgan fingerprint density at radius 2 is 1.96 bits per heavy atom. The maximum absolute atomic E-state index is 5.78. The van der Waals surface area contributed by atoms with Crippen LogP contribution in [0, 0.1) is 6.92 Å². The zero-order valence-corrected chi connectivity index (χ0v) is 18.0. The number of hydrogen-bond acceptors (Lipinski definition) is 2. The zero-order valence-electron chi connectivity index (χ0n) is 16.4. The van der Waals surface area contributed by atoms with E-state index in [1.54, 1.807) is 4.90 Å². The number of aryl methyl sites for hydroxylation is 1. The molecule has 1 fully saturated rings. The van der Waals surface area contributed by atoms with Crippen molar-refractivity contribution in [1.29, 1.82) is 0 Å². The molecule has 2 heterocycles. The van der Waals surface area contributed by atoms with Gasteiger partial charge in [0.25, 0.3) is 0 Å². The Bertz CT molecular complexity index is 691. The van der Waals surface area contributed by atoms with Gasteiger partial charge in [-0.2, -0.15) is 0 Å². The molecule has 0 saturated carbocycles. The number of nitrogens with one attached hydrogen (secondary N) is 2. The normalized spacial score (nSPS) is 15.3. The average Bonchev–Trinajstić information content (AvgIpc) is 3.02. The summed E-state index contributed by atoms with van der Waals surface area (Å²) in [6.45, 7) is 7.97. The minimum atomic E-state index is 0.833. The van der Waals surface area contributed by atoms with E-state index in [1.165, 1.54) is 62.2 Å². The van der Waals surface area contributed by atoms with Crippen LogP contribution in [0.5, 0.6) is 0 Å². The van der Waals surface area contributed by atoms with Crippen molar-refractivity contribution in [1.82, 2.24) is 4.90 Å². The van der Waals surface area contributed by atoms with E-state index in [2.05, 4.69) is 58.9 Å². The Kier molecular flexibility index (Phi) is 8.11. The van der Waals surface area contributed by atoms with Crippen molar-refractivity contribution in [3.05, 3.63) is 52.2 Å². The summed E-state index contributed by atoms with van der Waals surface area (Å²) in [7, 11) is 0. The number of nitrogens with zero attached hydrogens (tertiary/aromatic N) is 1. The summed E-state index contributed by atoms with van der Waals surface area (Å²) in [6.07, 6.45) is 6.80. The van der Waals surface area contributed by atoms with Gasteiger partial charge in [-0.1, -0.05) is 18.2 Å². The highest BCUT2D eigenvalue weighted by molar-refractivity contribution is 7.80. The van der Waals surface area contributed by atoms with Crippen molar-refractivity contribution in [2.24, 2.45) is 0 Å². The van der Waals surface area contributed by atoms with Gasteiger partial charge in [-0.05, 0) is 74.0 Å². The minimum Gasteiger partial charge on any atom is -0.344 e. The lowest BCUT2D eigenvalue weighted by molar-refractivity contribution is -0.899. The van der Waals surface area contributed by atoms with Crippen LogP contribution in [-0.4, -0.2) is 36.2 Å². The first-order chi connectivity index (χ1) is 13.2. The molecular weight excluding hydrogens is 370 g/mol. The van der Waals surface area contributed by atoms with Gasteiger partial charge < -0.3 is 15.1 Å². The Hall–Kier alpha value is -1.43. The standard InChI is InChI=1S/C22H31N3S2/c1-19-9-6-10-20(17-19)23-22(26)25(18-21-11-7-16-27-21)15-8-14-24-12-4-2-3-5-13-24/h6-7,9-11,16-17H,2-5,8,12-15,18H2,1H3,(H,23,26)/p+1. The number of quaternary nitrogens is 1. The van der Waals surface area contributed by atoms with Crippen molar-refractivity contribution in [3.63, 3.8) is 0 Å². The number of likely N-dealkylation sites (tertiary alicyclic amines) is 1. The molecule has 0 atom stereocenters. The topological polar surface area (TPSA) is 19.7 Å². The van der Waals surface area contributed by atoms with E-state index in [9.17, 15) is 0 Å². The first-order valence-electron chi connectivity index (χ1n) is 10.2.